The average Bonchev–Trinajstić information content (AvgIpc) is 3.18. The topological polar surface area (TPSA) is 92.4 Å². The number of rotatable bonds is 5. The van der Waals surface area contributed by atoms with Gasteiger partial charge in [-0.3, -0.25) is 9.59 Å². The smallest absolute Gasteiger partial charge is 0.305 e. The number of hydrogen-bond acceptors (Lipinski definition) is 3. The molecule has 0 radical (unpaired) electrons. The second-order valence-electron chi connectivity index (χ2n) is 7.45. The summed E-state index contributed by atoms with van der Waals surface area (Å²) in [5, 5.41) is 12.0. The van der Waals surface area contributed by atoms with E-state index in [1.807, 2.05) is 0 Å². The van der Waals surface area contributed by atoms with Gasteiger partial charge in [0.05, 0.1) is 6.42 Å². The maximum atomic E-state index is 12.6. The standard InChI is InChI=1S/C16H28N2O3/c1-9-12(17)7-6-11(16(9,2)3)15(21)18-13(8-14(19)20)10-4-5-10/h9-13H,4-8,17H2,1-3H3,(H,18,21)(H,19,20). The third-order valence-corrected chi connectivity index (χ3v) is 5.73. The van der Waals surface area contributed by atoms with Gasteiger partial charge < -0.3 is 16.2 Å². The highest BCUT2D eigenvalue weighted by Crippen LogP contribution is 2.44. The molecule has 2 saturated carbocycles. The highest BCUT2D eigenvalue weighted by Gasteiger charge is 2.46. The molecule has 5 heteroatoms. The van der Waals surface area contributed by atoms with Gasteiger partial charge in [0.1, 0.15) is 0 Å². The summed E-state index contributed by atoms with van der Waals surface area (Å²) in [6.45, 7) is 6.31. The second kappa shape index (κ2) is 5.95. The fourth-order valence-electron chi connectivity index (χ4n) is 3.62. The summed E-state index contributed by atoms with van der Waals surface area (Å²) in [7, 11) is 0. The number of carboxylic acids is 1. The molecule has 5 nitrogen and oxygen atoms in total. The third-order valence-electron chi connectivity index (χ3n) is 5.73. The van der Waals surface area contributed by atoms with Crippen molar-refractivity contribution in [3.05, 3.63) is 0 Å². The van der Waals surface area contributed by atoms with Crippen LogP contribution >= 0.6 is 0 Å². The molecule has 0 aromatic heterocycles. The zero-order valence-corrected chi connectivity index (χ0v) is 13.3. The Morgan fingerprint density at radius 1 is 1.29 bits per heavy atom. The van der Waals surface area contributed by atoms with Crippen LogP contribution in [0.5, 0.6) is 0 Å². The molecule has 0 aliphatic heterocycles. The summed E-state index contributed by atoms with van der Waals surface area (Å²) in [5.41, 5.74) is 5.98. The summed E-state index contributed by atoms with van der Waals surface area (Å²) in [5.74, 6) is -0.290. The molecule has 2 aliphatic carbocycles. The van der Waals surface area contributed by atoms with E-state index >= 15 is 0 Å². The van der Waals surface area contributed by atoms with Gasteiger partial charge in [0.2, 0.25) is 5.91 Å². The van der Waals surface area contributed by atoms with Crippen LogP contribution in [0.2, 0.25) is 0 Å². The van der Waals surface area contributed by atoms with Gasteiger partial charge in [-0.1, -0.05) is 20.8 Å². The lowest BCUT2D eigenvalue weighted by atomic mass is 9.61. The Morgan fingerprint density at radius 2 is 1.90 bits per heavy atom. The first-order valence-corrected chi connectivity index (χ1v) is 8.01. The second-order valence-corrected chi connectivity index (χ2v) is 7.45. The molecule has 120 valence electrons. The van der Waals surface area contributed by atoms with Crippen LogP contribution in [0.25, 0.3) is 0 Å². The van der Waals surface area contributed by atoms with Crippen molar-refractivity contribution in [3.8, 4) is 0 Å². The van der Waals surface area contributed by atoms with Gasteiger partial charge in [-0.05, 0) is 42.9 Å². The van der Waals surface area contributed by atoms with Gasteiger partial charge in [0.25, 0.3) is 0 Å². The lowest BCUT2D eigenvalue weighted by Gasteiger charge is -2.46. The fraction of sp³-hybridized carbons (Fsp3) is 0.875. The van der Waals surface area contributed by atoms with Crippen molar-refractivity contribution < 1.29 is 14.7 Å². The molecule has 21 heavy (non-hydrogen) atoms. The van der Waals surface area contributed by atoms with Crippen molar-refractivity contribution in [1.82, 2.24) is 5.32 Å². The van der Waals surface area contributed by atoms with E-state index in [-0.39, 0.29) is 41.7 Å². The van der Waals surface area contributed by atoms with Gasteiger partial charge in [0.15, 0.2) is 0 Å². The summed E-state index contributed by atoms with van der Waals surface area (Å²) in [6.07, 6.45) is 3.71. The highest BCUT2D eigenvalue weighted by molar-refractivity contribution is 5.81. The molecule has 1 amide bonds. The van der Waals surface area contributed by atoms with Crippen molar-refractivity contribution in [1.29, 1.82) is 0 Å². The number of hydrogen-bond donors (Lipinski definition) is 3. The molecule has 0 saturated heterocycles. The van der Waals surface area contributed by atoms with Crippen LogP contribution in [-0.2, 0) is 9.59 Å². The van der Waals surface area contributed by atoms with Gasteiger partial charge in [-0.2, -0.15) is 0 Å². The molecule has 0 spiro atoms. The Labute approximate surface area is 126 Å². The molecule has 2 fully saturated rings. The van der Waals surface area contributed by atoms with Crippen LogP contribution < -0.4 is 11.1 Å². The molecule has 0 aromatic carbocycles. The van der Waals surface area contributed by atoms with Gasteiger partial charge >= 0.3 is 5.97 Å². The van der Waals surface area contributed by atoms with Crippen LogP contribution in [0.4, 0.5) is 0 Å². The highest BCUT2D eigenvalue weighted by atomic mass is 16.4. The minimum Gasteiger partial charge on any atom is -0.481 e. The first kappa shape index (κ1) is 16.3. The van der Waals surface area contributed by atoms with Gasteiger partial charge in [-0.25, -0.2) is 0 Å². The van der Waals surface area contributed by atoms with Crippen molar-refractivity contribution in [2.45, 2.75) is 65.0 Å². The van der Waals surface area contributed by atoms with E-state index in [4.69, 9.17) is 10.8 Å². The molecule has 0 bridgehead atoms. The normalized spacial score (nSPS) is 33.2. The van der Waals surface area contributed by atoms with Crippen LogP contribution in [-0.4, -0.2) is 29.1 Å². The van der Waals surface area contributed by atoms with Crippen LogP contribution in [0, 0.1) is 23.2 Å². The maximum Gasteiger partial charge on any atom is 0.305 e. The van der Waals surface area contributed by atoms with Crippen LogP contribution in [0.3, 0.4) is 0 Å². The summed E-state index contributed by atoms with van der Waals surface area (Å²) < 4.78 is 0. The van der Waals surface area contributed by atoms with Gasteiger partial charge in [0, 0.05) is 18.0 Å². The average molecular weight is 296 g/mol. The number of nitrogens with one attached hydrogen (secondary N) is 1. The number of aliphatic carboxylic acids is 1. The van der Waals surface area contributed by atoms with E-state index in [9.17, 15) is 9.59 Å². The molecule has 2 rings (SSSR count). The molecule has 4 unspecified atom stereocenters. The predicted molar refractivity (Wildman–Crippen MR) is 80.6 cm³/mol. The lowest BCUT2D eigenvalue weighted by molar-refractivity contribution is -0.138. The molecule has 0 aromatic rings. The van der Waals surface area contributed by atoms with Crippen molar-refractivity contribution in [3.63, 3.8) is 0 Å². The molecular formula is C16H28N2O3. The number of carbonyl (C=O) groups is 2. The Bertz CT molecular complexity index is 418. The molecule has 4 N–H and O–H groups in total. The Kier molecular flexibility index (Phi) is 4.61. The first-order chi connectivity index (χ1) is 9.73. The van der Waals surface area contributed by atoms with E-state index in [2.05, 4.69) is 26.1 Å². The van der Waals surface area contributed by atoms with Crippen molar-refractivity contribution in [2.75, 3.05) is 0 Å². The Morgan fingerprint density at radius 3 is 2.43 bits per heavy atom. The fourth-order valence-corrected chi connectivity index (χ4v) is 3.62. The third kappa shape index (κ3) is 3.57. The van der Waals surface area contributed by atoms with E-state index in [1.165, 1.54) is 0 Å². The van der Waals surface area contributed by atoms with E-state index in [0.717, 1.165) is 25.7 Å². The Hall–Kier alpha value is -1.10. The molecule has 0 heterocycles. The van der Waals surface area contributed by atoms with E-state index in [1.54, 1.807) is 0 Å². The lowest BCUT2D eigenvalue weighted by Crippen LogP contribution is -2.53. The summed E-state index contributed by atoms with van der Waals surface area (Å²) in [6, 6.07) is -0.0704. The van der Waals surface area contributed by atoms with Crippen LogP contribution in [0.15, 0.2) is 0 Å². The molecular weight excluding hydrogens is 268 g/mol. The molecule has 4 atom stereocenters. The minimum absolute atomic E-state index is 0.0110. The number of carbonyl (C=O) groups excluding carboxylic acids is 1. The summed E-state index contributed by atoms with van der Waals surface area (Å²) in [4.78, 5) is 23.6. The number of amides is 1. The van der Waals surface area contributed by atoms with Gasteiger partial charge in [-0.15, -0.1) is 0 Å². The molecule has 2 aliphatic rings. The van der Waals surface area contributed by atoms with Crippen molar-refractivity contribution >= 4 is 11.9 Å². The number of carboxylic acid groups (broad SMARTS) is 1. The summed E-state index contributed by atoms with van der Waals surface area (Å²) >= 11 is 0. The maximum absolute atomic E-state index is 12.6. The predicted octanol–water partition coefficient (Wildman–Crippen LogP) is 1.76. The zero-order valence-electron chi connectivity index (χ0n) is 13.3. The van der Waals surface area contributed by atoms with E-state index < -0.39 is 5.97 Å². The quantitative estimate of drug-likeness (QED) is 0.720. The van der Waals surface area contributed by atoms with Crippen molar-refractivity contribution in [2.24, 2.45) is 28.9 Å². The Balaban J connectivity index is 2.03. The first-order valence-electron chi connectivity index (χ1n) is 8.01. The minimum atomic E-state index is -0.842. The van der Waals surface area contributed by atoms with Crippen LogP contribution in [0.1, 0.15) is 52.9 Å². The van der Waals surface area contributed by atoms with E-state index in [0.29, 0.717) is 5.92 Å². The SMILES string of the molecule is CC1C(N)CCC(C(=O)NC(CC(=O)O)C2CC2)C1(C)C. The zero-order chi connectivity index (χ0) is 15.8. The monoisotopic (exact) mass is 296 g/mol. The largest absolute Gasteiger partial charge is 0.481 e. The number of nitrogens with two attached hydrogens (primary N) is 1.